The monoisotopic (exact) mass is 276 g/mol. The van der Waals surface area contributed by atoms with Crippen molar-refractivity contribution in [3.63, 3.8) is 0 Å². The maximum absolute atomic E-state index is 6.16. The van der Waals surface area contributed by atoms with Gasteiger partial charge in [0.25, 0.3) is 0 Å². The first-order valence-electron chi connectivity index (χ1n) is 7.01. The van der Waals surface area contributed by atoms with Crippen LogP contribution in [0.4, 0.5) is 0 Å². The highest BCUT2D eigenvalue weighted by atomic mass is 35.5. The Balaban J connectivity index is 2.07. The molecular weight excluding hydrogens is 256 g/mol. The van der Waals surface area contributed by atoms with Crippen molar-refractivity contribution in [1.82, 2.24) is 0 Å². The van der Waals surface area contributed by atoms with E-state index in [0.29, 0.717) is 12.0 Å². The van der Waals surface area contributed by atoms with Gasteiger partial charge in [0.05, 0.1) is 17.5 Å². The predicted octanol–water partition coefficient (Wildman–Crippen LogP) is 4.48. The fraction of sp³-hybridized carbons (Fsp3) is 0.529. The van der Waals surface area contributed by atoms with E-state index < -0.39 is 0 Å². The number of benzene rings is 1. The third kappa shape index (κ3) is 3.91. The van der Waals surface area contributed by atoms with Gasteiger partial charge in [-0.05, 0) is 43.2 Å². The average molecular weight is 277 g/mol. The molecule has 1 aromatic rings. The number of para-hydroxylation sites is 1. The summed E-state index contributed by atoms with van der Waals surface area (Å²) in [6.07, 6.45) is 3.85. The third-order valence-corrected chi connectivity index (χ3v) is 4.15. The van der Waals surface area contributed by atoms with E-state index in [4.69, 9.17) is 16.3 Å². The second-order valence-electron chi connectivity index (χ2n) is 5.44. The normalized spacial score (nSPS) is 26.4. The molecule has 1 aliphatic rings. The Morgan fingerprint density at radius 2 is 2.00 bits per heavy atom. The molecule has 0 N–H and O–H groups in total. The molecule has 0 aromatic heterocycles. The van der Waals surface area contributed by atoms with E-state index in [1.165, 1.54) is 6.42 Å². The van der Waals surface area contributed by atoms with Gasteiger partial charge in [-0.2, -0.15) is 0 Å². The fourth-order valence-electron chi connectivity index (χ4n) is 2.59. The molecule has 1 fully saturated rings. The molecule has 0 amide bonds. The molecule has 1 saturated carbocycles. The van der Waals surface area contributed by atoms with Crippen molar-refractivity contribution >= 4 is 11.6 Å². The second-order valence-corrected chi connectivity index (χ2v) is 5.71. The molecule has 2 heteroatoms. The zero-order valence-electron chi connectivity index (χ0n) is 11.7. The van der Waals surface area contributed by atoms with E-state index in [2.05, 4.69) is 25.7 Å². The van der Waals surface area contributed by atoms with E-state index in [-0.39, 0.29) is 0 Å². The third-order valence-electron chi connectivity index (χ3n) is 4.02. The summed E-state index contributed by atoms with van der Waals surface area (Å²) in [7, 11) is 0. The Kier molecular flexibility index (Phi) is 5.16. The smallest absolute Gasteiger partial charge is 0.135 e. The number of rotatable bonds is 2. The van der Waals surface area contributed by atoms with Gasteiger partial charge in [0.15, 0.2) is 0 Å². The van der Waals surface area contributed by atoms with Crippen LogP contribution in [0.15, 0.2) is 24.3 Å². The van der Waals surface area contributed by atoms with Crippen LogP contribution in [0.2, 0.25) is 0 Å². The van der Waals surface area contributed by atoms with Crippen molar-refractivity contribution in [3.05, 3.63) is 29.8 Å². The molecule has 1 aromatic carbocycles. The molecule has 1 aliphatic carbocycles. The Bertz CT molecular complexity index is 472. The van der Waals surface area contributed by atoms with Gasteiger partial charge in [0.1, 0.15) is 5.75 Å². The Hall–Kier alpha value is -1.13. The molecule has 0 radical (unpaired) electrons. The predicted molar refractivity (Wildman–Crippen MR) is 80.6 cm³/mol. The Morgan fingerprint density at radius 1 is 1.21 bits per heavy atom. The van der Waals surface area contributed by atoms with Crippen LogP contribution in [0.3, 0.4) is 0 Å². The fourth-order valence-corrected chi connectivity index (χ4v) is 2.65. The highest BCUT2D eigenvalue weighted by molar-refractivity contribution is 6.19. The molecular formula is C17H21ClO. The van der Waals surface area contributed by atoms with Crippen molar-refractivity contribution in [3.8, 4) is 17.6 Å². The molecule has 102 valence electrons. The number of alkyl halides is 1. The van der Waals surface area contributed by atoms with Crippen LogP contribution < -0.4 is 4.74 Å². The zero-order valence-corrected chi connectivity index (χ0v) is 12.4. The lowest BCUT2D eigenvalue weighted by Crippen LogP contribution is -2.28. The SMILES string of the molecule is CC1CCC(Oc2ccccc2C#CCCl)CC1C. The quantitative estimate of drug-likeness (QED) is 0.572. The van der Waals surface area contributed by atoms with Crippen molar-refractivity contribution in [2.45, 2.75) is 39.2 Å². The molecule has 0 bridgehead atoms. The second kappa shape index (κ2) is 6.87. The molecule has 19 heavy (non-hydrogen) atoms. The molecule has 2 rings (SSSR count). The molecule has 0 spiro atoms. The highest BCUT2D eigenvalue weighted by Gasteiger charge is 2.26. The van der Waals surface area contributed by atoms with E-state index in [1.54, 1.807) is 0 Å². The van der Waals surface area contributed by atoms with Gasteiger partial charge in [-0.1, -0.05) is 37.8 Å². The summed E-state index contributed by atoms with van der Waals surface area (Å²) in [5.41, 5.74) is 0.939. The first kappa shape index (κ1) is 14.3. The van der Waals surface area contributed by atoms with Crippen LogP contribution in [0.5, 0.6) is 5.75 Å². The number of hydrogen-bond acceptors (Lipinski definition) is 1. The lowest BCUT2D eigenvalue weighted by atomic mass is 9.80. The van der Waals surface area contributed by atoms with Crippen molar-refractivity contribution < 1.29 is 4.74 Å². The van der Waals surface area contributed by atoms with Gasteiger partial charge in [0, 0.05) is 0 Å². The van der Waals surface area contributed by atoms with Gasteiger partial charge in [-0.3, -0.25) is 0 Å². The standard InChI is InChI=1S/C17H21ClO/c1-13-9-10-16(12-14(13)2)19-17-8-4-3-6-15(17)7-5-11-18/h3-4,6,8,13-14,16H,9-12H2,1-2H3. The minimum atomic E-state index is 0.324. The van der Waals surface area contributed by atoms with Gasteiger partial charge < -0.3 is 4.74 Å². The van der Waals surface area contributed by atoms with E-state index >= 15 is 0 Å². The Labute approximate surface area is 121 Å². The lowest BCUT2D eigenvalue weighted by molar-refractivity contribution is 0.100. The van der Waals surface area contributed by atoms with E-state index in [1.807, 2.05) is 24.3 Å². The topological polar surface area (TPSA) is 9.23 Å². The average Bonchev–Trinajstić information content (AvgIpc) is 2.42. The van der Waals surface area contributed by atoms with Crippen molar-refractivity contribution in [2.75, 3.05) is 5.88 Å². The molecule has 1 nitrogen and oxygen atoms in total. The minimum Gasteiger partial charge on any atom is -0.489 e. The van der Waals surface area contributed by atoms with Gasteiger partial charge in [-0.15, -0.1) is 11.6 Å². The van der Waals surface area contributed by atoms with Crippen LogP contribution in [0.1, 0.15) is 38.7 Å². The maximum atomic E-state index is 6.16. The molecule has 0 heterocycles. The number of ether oxygens (including phenoxy) is 1. The van der Waals surface area contributed by atoms with Crippen LogP contribution in [0, 0.1) is 23.7 Å². The van der Waals surface area contributed by atoms with Gasteiger partial charge in [0.2, 0.25) is 0 Å². The van der Waals surface area contributed by atoms with E-state index in [0.717, 1.165) is 36.0 Å². The summed E-state index contributed by atoms with van der Waals surface area (Å²) in [4.78, 5) is 0. The largest absolute Gasteiger partial charge is 0.489 e. The number of halogens is 1. The number of hydrogen-bond donors (Lipinski definition) is 0. The van der Waals surface area contributed by atoms with Crippen LogP contribution in [-0.2, 0) is 0 Å². The summed E-state index contributed by atoms with van der Waals surface area (Å²) in [5, 5.41) is 0. The summed E-state index contributed by atoms with van der Waals surface area (Å²) in [6, 6.07) is 7.97. The molecule has 0 aliphatic heterocycles. The van der Waals surface area contributed by atoms with Crippen LogP contribution in [-0.4, -0.2) is 12.0 Å². The maximum Gasteiger partial charge on any atom is 0.135 e. The van der Waals surface area contributed by atoms with E-state index in [9.17, 15) is 0 Å². The summed E-state index contributed by atoms with van der Waals surface area (Å²) in [6.45, 7) is 4.65. The van der Waals surface area contributed by atoms with Crippen molar-refractivity contribution in [2.24, 2.45) is 11.8 Å². The Morgan fingerprint density at radius 3 is 2.74 bits per heavy atom. The summed E-state index contributed by atoms with van der Waals surface area (Å²) < 4.78 is 6.16. The molecule has 3 atom stereocenters. The summed E-state index contributed by atoms with van der Waals surface area (Å²) >= 11 is 5.62. The lowest BCUT2D eigenvalue weighted by Gasteiger charge is -2.32. The molecule has 0 saturated heterocycles. The summed E-state index contributed by atoms with van der Waals surface area (Å²) in [5.74, 6) is 8.75. The van der Waals surface area contributed by atoms with Crippen LogP contribution >= 0.6 is 11.6 Å². The first-order valence-corrected chi connectivity index (χ1v) is 7.54. The van der Waals surface area contributed by atoms with Crippen LogP contribution in [0.25, 0.3) is 0 Å². The highest BCUT2D eigenvalue weighted by Crippen LogP contribution is 2.32. The van der Waals surface area contributed by atoms with Gasteiger partial charge >= 0.3 is 0 Å². The zero-order chi connectivity index (χ0) is 13.7. The first-order chi connectivity index (χ1) is 9.20. The van der Waals surface area contributed by atoms with Crippen molar-refractivity contribution in [1.29, 1.82) is 0 Å². The molecule has 3 unspecified atom stereocenters. The van der Waals surface area contributed by atoms with Gasteiger partial charge in [-0.25, -0.2) is 0 Å². The minimum absolute atomic E-state index is 0.324.